The molecule has 1 N–H and O–H groups in total. The quantitative estimate of drug-likeness (QED) is 0.875. The summed E-state index contributed by atoms with van der Waals surface area (Å²) in [5.74, 6) is -0.262. The Hall–Kier alpha value is -2.48. The Balaban J connectivity index is 1.44. The van der Waals surface area contributed by atoms with Crippen LogP contribution in [0.4, 0.5) is 9.18 Å². The first-order chi connectivity index (χ1) is 12.6. The van der Waals surface area contributed by atoms with Crippen LogP contribution in [0.2, 0.25) is 0 Å². The van der Waals surface area contributed by atoms with E-state index in [2.05, 4.69) is 27.4 Å². The van der Waals surface area contributed by atoms with Crippen LogP contribution in [0.1, 0.15) is 18.1 Å². The van der Waals surface area contributed by atoms with Crippen LogP contribution in [0, 0.1) is 5.82 Å². The third kappa shape index (κ3) is 3.29. The summed E-state index contributed by atoms with van der Waals surface area (Å²) in [5.41, 5.74) is 3.12. The van der Waals surface area contributed by atoms with Crippen molar-refractivity contribution in [3.8, 4) is 0 Å². The topological polar surface area (TPSA) is 55.5 Å². The summed E-state index contributed by atoms with van der Waals surface area (Å²) in [7, 11) is 0. The fourth-order valence-corrected chi connectivity index (χ4v) is 4.43. The number of nitrogens with zero attached hydrogens (tertiary/aromatic N) is 4. The summed E-state index contributed by atoms with van der Waals surface area (Å²) in [5, 5.41) is 8.93. The number of carbonyl (C=O) groups excluding carboxylic acids is 1. The first kappa shape index (κ1) is 17.0. The number of hydrogen-bond acceptors (Lipinski definition) is 4. The molecule has 1 saturated heterocycles. The van der Waals surface area contributed by atoms with E-state index < -0.39 is 0 Å². The van der Waals surface area contributed by atoms with E-state index in [1.54, 1.807) is 30.1 Å². The van der Waals surface area contributed by atoms with Crippen LogP contribution in [0.15, 0.2) is 47.8 Å². The molecule has 0 spiro atoms. The standard InChI is InChI=1S/C18H20FN5OS/c1-13-12-26-18(24(13)11-15-8-20-21-9-15)23-7-6-22(17(23)25)10-14-2-4-16(19)5-3-14/h2-5,8-9,12,18H,6-7,10-11H2,1H3,(H,20,21). The van der Waals surface area contributed by atoms with Gasteiger partial charge in [0.1, 0.15) is 5.82 Å². The number of allylic oxidation sites excluding steroid dienone is 1. The van der Waals surface area contributed by atoms with Gasteiger partial charge in [0.05, 0.1) is 6.20 Å². The number of benzene rings is 1. The summed E-state index contributed by atoms with van der Waals surface area (Å²) in [6.07, 6.45) is 3.68. The van der Waals surface area contributed by atoms with E-state index in [9.17, 15) is 9.18 Å². The van der Waals surface area contributed by atoms with Crippen molar-refractivity contribution < 1.29 is 9.18 Å². The van der Waals surface area contributed by atoms with Crippen LogP contribution in [0.3, 0.4) is 0 Å². The molecule has 4 rings (SSSR count). The van der Waals surface area contributed by atoms with E-state index in [1.165, 1.54) is 12.1 Å². The number of rotatable bonds is 5. The second kappa shape index (κ2) is 7.03. The van der Waals surface area contributed by atoms with Gasteiger partial charge in [-0.3, -0.25) is 10.00 Å². The molecule has 1 aromatic heterocycles. The molecule has 1 atom stereocenters. The maximum atomic E-state index is 13.1. The summed E-state index contributed by atoms with van der Waals surface area (Å²) >= 11 is 1.65. The van der Waals surface area contributed by atoms with Gasteiger partial charge in [-0.2, -0.15) is 5.10 Å². The number of amides is 2. The Bertz CT molecular complexity index is 807. The van der Waals surface area contributed by atoms with Gasteiger partial charge in [-0.25, -0.2) is 9.18 Å². The van der Waals surface area contributed by atoms with Crippen molar-refractivity contribution in [2.24, 2.45) is 0 Å². The van der Waals surface area contributed by atoms with Gasteiger partial charge in [-0.1, -0.05) is 23.9 Å². The maximum Gasteiger partial charge on any atom is 0.322 e. The highest BCUT2D eigenvalue weighted by Gasteiger charge is 2.39. The summed E-state index contributed by atoms with van der Waals surface area (Å²) < 4.78 is 13.1. The average Bonchev–Trinajstić information content (AvgIpc) is 3.35. The zero-order valence-corrected chi connectivity index (χ0v) is 15.2. The van der Waals surface area contributed by atoms with Crippen LogP contribution in [0.25, 0.3) is 0 Å². The minimum absolute atomic E-state index is 0.0205. The van der Waals surface area contributed by atoms with Crippen molar-refractivity contribution in [1.29, 1.82) is 0 Å². The number of H-pyrrole nitrogens is 1. The minimum Gasteiger partial charge on any atom is -0.341 e. The molecule has 0 aliphatic carbocycles. The van der Waals surface area contributed by atoms with E-state index in [0.717, 1.165) is 16.8 Å². The van der Waals surface area contributed by atoms with Gasteiger partial charge >= 0.3 is 6.03 Å². The van der Waals surface area contributed by atoms with Crippen molar-refractivity contribution in [3.63, 3.8) is 0 Å². The number of carbonyl (C=O) groups is 1. The molecule has 2 aliphatic heterocycles. The van der Waals surface area contributed by atoms with Crippen LogP contribution in [-0.4, -0.2) is 49.5 Å². The third-order valence-electron chi connectivity index (χ3n) is 4.67. The first-order valence-electron chi connectivity index (χ1n) is 8.48. The Kier molecular flexibility index (Phi) is 4.58. The van der Waals surface area contributed by atoms with Gasteiger partial charge in [0, 0.05) is 43.6 Å². The Morgan fingerprint density at radius 1 is 1.23 bits per heavy atom. The first-order valence-corrected chi connectivity index (χ1v) is 9.42. The molecular formula is C18H20FN5OS. The van der Waals surface area contributed by atoms with Crippen LogP contribution in [0.5, 0.6) is 0 Å². The lowest BCUT2D eigenvalue weighted by Crippen LogP contribution is -2.45. The Morgan fingerprint density at radius 2 is 2.04 bits per heavy atom. The fraction of sp³-hybridized carbons (Fsp3) is 0.333. The van der Waals surface area contributed by atoms with Gasteiger partial charge in [0.15, 0.2) is 5.50 Å². The molecular weight excluding hydrogens is 353 g/mol. The van der Waals surface area contributed by atoms with Crippen molar-refractivity contribution in [3.05, 3.63) is 64.7 Å². The smallest absolute Gasteiger partial charge is 0.322 e. The van der Waals surface area contributed by atoms with Crippen molar-refractivity contribution in [1.82, 2.24) is 24.9 Å². The summed E-state index contributed by atoms with van der Waals surface area (Å²) in [4.78, 5) is 18.9. The average molecular weight is 373 g/mol. The van der Waals surface area contributed by atoms with E-state index in [4.69, 9.17) is 0 Å². The monoisotopic (exact) mass is 373 g/mol. The van der Waals surface area contributed by atoms with Gasteiger partial charge < -0.3 is 9.80 Å². The molecule has 0 radical (unpaired) electrons. The second-order valence-corrected chi connectivity index (χ2v) is 7.41. The molecule has 8 heteroatoms. The van der Waals surface area contributed by atoms with Gasteiger partial charge in [-0.15, -0.1) is 0 Å². The highest BCUT2D eigenvalue weighted by atomic mass is 32.2. The van der Waals surface area contributed by atoms with Crippen molar-refractivity contribution >= 4 is 17.8 Å². The third-order valence-corrected chi connectivity index (χ3v) is 5.90. The molecule has 6 nitrogen and oxygen atoms in total. The van der Waals surface area contributed by atoms with Crippen molar-refractivity contribution in [2.75, 3.05) is 13.1 Å². The normalized spacial score (nSPS) is 20.2. The van der Waals surface area contributed by atoms with Crippen molar-refractivity contribution in [2.45, 2.75) is 25.5 Å². The highest BCUT2D eigenvalue weighted by molar-refractivity contribution is 8.02. The SMILES string of the molecule is CC1=CSC(N2CCN(Cc3ccc(F)cc3)C2=O)N1Cc1cn[nH]c1. The van der Waals surface area contributed by atoms with E-state index in [1.807, 2.05) is 16.0 Å². The lowest BCUT2D eigenvalue weighted by Gasteiger charge is -2.33. The van der Waals surface area contributed by atoms with E-state index in [0.29, 0.717) is 26.2 Å². The minimum atomic E-state index is -0.262. The lowest BCUT2D eigenvalue weighted by molar-refractivity contribution is 0.149. The van der Waals surface area contributed by atoms with Crippen LogP contribution >= 0.6 is 11.8 Å². The predicted molar refractivity (Wildman–Crippen MR) is 98.2 cm³/mol. The largest absolute Gasteiger partial charge is 0.341 e. The van der Waals surface area contributed by atoms with E-state index in [-0.39, 0.29) is 17.3 Å². The molecule has 1 unspecified atom stereocenters. The molecule has 26 heavy (non-hydrogen) atoms. The van der Waals surface area contributed by atoms with Gasteiger partial charge in [0.2, 0.25) is 0 Å². The lowest BCUT2D eigenvalue weighted by atomic mass is 10.2. The van der Waals surface area contributed by atoms with E-state index >= 15 is 0 Å². The number of thioether (sulfide) groups is 1. The predicted octanol–water partition coefficient (Wildman–Crippen LogP) is 3.18. The Labute approximate surface area is 155 Å². The molecule has 2 amide bonds. The molecule has 0 saturated carbocycles. The number of aromatic nitrogens is 2. The highest BCUT2D eigenvalue weighted by Crippen LogP contribution is 2.36. The number of hydrogen-bond donors (Lipinski definition) is 1. The zero-order valence-electron chi connectivity index (χ0n) is 14.4. The number of halogens is 1. The number of urea groups is 1. The molecule has 3 heterocycles. The molecule has 136 valence electrons. The molecule has 0 bridgehead atoms. The molecule has 2 aliphatic rings. The number of nitrogens with one attached hydrogen (secondary N) is 1. The zero-order chi connectivity index (χ0) is 18.1. The summed E-state index contributed by atoms with van der Waals surface area (Å²) in [6, 6.07) is 6.34. The fourth-order valence-electron chi connectivity index (χ4n) is 3.24. The summed E-state index contributed by atoms with van der Waals surface area (Å²) in [6.45, 7) is 4.62. The second-order valence-electron chi connectivity index (χ2n) is 6.48. The molecule has 1 fully saturated rings. The Morgan fingerprint density at radius 3 is 2.77 bits per heavy atom. The molecule has 1 aromatic carbocycles. The number of aromatic amines is 1. The van der Waals surface area contributed by atoms with Crippen LogP contribution in [-0.2, 0) is 13.1 Å². The van der Waals surface area contributed by atoms with Crippen LogP contribution < -0.4 is 0 Å². The van der Waals surface area contributed by atoms with Gasteiger partial charge in [0.25, 0.3) is 0 Å². The molecule has 2 aromatic rings. The van der Waals surface area contributed by atoms with Gasteiger partial charge in [-0.05, 0) is 30.0 Å². The maximum absolute atomic E-state index is 13.1.